The van der Waals surface area contributed by atoms with Crippen LogP contribution in [0.2, 0.25) is 0 Å². The Kier molecular flexibility index (Phi) is 8.67. The van der Waals surface area contributed by atoms with Crippen LogP contribution >= 0.6 is 24.8 Å². The van der Waals surface area contributed by atoms with Crippen LogP contribution in [0.5, 0.6) is 0 Å². The number of carbonyl (C=O) groups is 1. The van der Waals surface area contributed by atoms with Gasteiger partial charge in [0.15, 0.2) is 5.69 Å². The molecule has 0 unspecified atom stereocenters. The van der Waals surface area contributed by atoms with Gasteiger partial charge in [-0.3, -0.25) is 4.79 Å². The van der Waals surface area contributed by atoms with E-state index in [9.17, 15) is 4.79 Å². The fourth-order valence-corrected chi connectivity index (χ4v) is 3.92. The number of nitrogens with zero attached hydrogens (tertiary/aromatic N) is 5. The predicted octanol–water partition coefficient (Wildman–Crippen LogP) is 2.99. The number of nitrogens with one attached hydrogen (secondary N) is 2. The molecule has 2 aliphatic heterocycles. The summed E-state index contributed by atoms with van der Waals surface area (Å²) in [6.45, 7) is 6.00. The maximum Gasteiger partial charge on any atom is 0.279 e. The van der Waals surface area contributed by atoms with Gasteiger partial charge in [0.1, 0.15) is 5.82 Å². The SMILES string of the molecule is Cc1c(C(=O)Nc2ccc(N3CCCCC3)cn2)nnn1C1CCNCC1.Cl.Cl. The quantitative estimate of drug-likeness (QED) is 0.757. The molecule has 0 aromatic carbocycles. The van der Waals surface area contributed by atoms with Crippen LogP contribution in [0.15, 0.2) is 18.3 Å². The van der Waals surface area contributed by atoms with Crippen LogP contribution in [0, 0.1) is 6.92 Å². The minimum Gasteiger partial charge on any atom is -0.370 e. The van der Waals surface area contributed by atoms with E-state index >= 15 is 0 Å². The molecular formula is C19H29Cl2N7O. The van der Waals surface area contributed by atoms with Crippen molar-refractivity contribution in [2.75, 3.05) is 36.4 Å². The Morgan fingerprint density at radius 3 is 2.52 bits per heavy atom. The minimum atomic E-state index is -0.258. The van der Waals surface area contributed by atoms with E-state index in [1.54, 1.807) is 0 Å². The number of aromatic nitrogens is 4. The van der Waals surface area contributed by atoms with Gasteiger partial charge in [0.25, 0.3) is 5.91 Å². The minimum absolute atomic E-state index is 0. The molecule has 2 aliphatic rings. The lowest BCUT2D eigenvalue weighted by molar-refractivity contribution is 0.102. The molecule has 4 heterocycles. The highest BCUT2D eigenvalue weighted by Gasteiger charge is 2.23. The van der Waals surface area contributed by atoms with Crippen molar-refractivity contribution < 1.29 is 4.79 Å². The molecule has 29 heavy (non-hydrogen) atoms. The summed E-state index contributed by atoms with van der Waals surface area (Å²) in [5.74, 6) is 0.280. The summed E-state index contributed by atoms with van der Waals surface area (Å²) in [6, 6.07) is 4.18. The molecule has 0 atom stereocenters. The fourth-order valence-electron chi connectivity index (χ4n) is 3.92. The Morgan fingerprint density at radius 2 is 1.86 bits per heavy atom. The monoisotopic (exact) mass is 441 g/mol. The van der Waals surface area contributed by atoms with Crippen LogP contribution in [0.4, 0.5) is 11.5 Å². The first-order chi connectivity index (χ1) is 13.2. The standard InChI is InChI=1S/C19H27N7O.2ClH/c1-14-18(23-24-26(14)15-7-9-20-10-8-15)19(27)22-17-6-5-16(13-21-17)25-11-3-2-4-12-25;;/h5-6,13,15,20H,2-4,7-12H2,1H3,(H,21,22,27);2*1H. The van der Waals surface area contributed by atoms with E-state index in [-0.39, 0.29) is 30.7 Å². The summed E-state index contributed by atoms with van der Waals surface area (Å²) in [4.78, 5) is 19.4. The van der Waals surface area contributed by atoms with Gasteiger partial charge in [-0.2, -0.15) is 0 Å². The zero-order chi connectivity index (χ0) is 18.6. The van der Waals surface area contributed by atoms with Crippen LogP contribution in [-0.2, 0) is 0 Å². The lowest BCUT2D eigenvalue weighted by Crippen LogP contribution is -2.30. The first-order valence-corrected chi connectivity index (χ1v) is 9.87. The Labute approximate surface area is 183 Å². The molecule has 0 saturated carbocycles. The number of halogens is 2. The summed E-state index contributed by atoms with van der Waals surface area (Å²) in [5.41, 5.74) is 2.29. The average molecular weight is 442 g/mol. The Balaban J connectivity index is 0.00000150. The first kappa shape index (κ1) is 23.4. The van der Waals surface area contributed by atoms with Crippen molar-refractivity contribution in [1.82, 2.24) is 25.3 Å². The molecule has 8 nitrogen and oxygen atoms in total. The lowest BCUT2D eigenvalue weighted by atomic mass is 10.1. The largest absolute Gasteiger partial charge is 0.370 e. The van der Waals surface area contributed by atoms with Crippen molar-refractivity contribution in [2.24, 2.45) is 0 Å². The van der Waals surface area contributed by atoms with E-state index in [4.69, 9.17) is 0 Å². The molecule has 0 aliphatic carbocycles. The number of rotatable bonds is 4. The van der Waals surface area contributed by atoms with Gasteiger partial charge in [0.2, 0.25) is 0 Å². The second-order valence-corrected chi connectivity index (χ2v) is 7.35. The highest BCUT2D eigenvalue weighted by atomic mass is 35.5. The molecule has 2 fully saturated rings. The third kappa shape index (κ3) is 5.38. The molecule has 2 aromatic heterocycles. The number of carbonyl (C=O) groups excluding carboxylic acids is 1. The molecule has 0 spiro atoms. The van der Waals surface area contributed by atoms with Gasteiger partial charge < -0.3 is 15.5 Å². The lowest BCUT2D eigenvalue weighted by Gasteiger charge is -2.28. The van der Waals surface area contributed by atoms with Gasteiger partial charge in [-0.25, -0.2) is 9.67 Å². The van der Waals surface area contributed by atoms with Crippen LogP contribution in [0.1, 0.15) is 54.3 Å². The third-order valence-electron chi connectivity index (χ3n) is 5.51. The summed E-state index contributed by atoms with van der Waals surface area (Å²) in [5, 5.41) is 14.5. The Bertz CT molecular complexity index is 784. The third-order valence-corrected chi connectivity index (χ3v) is 5.51. The topological polar surface area (TPSA) is 88.0 Å². The molecule has 2 saturated heterocycles. The van der Waals surface area contributed by atoms with Crippen molar-refractivity contribution in [3.05, 3.63) is 29.7 Å². The molecule has 0 radical (unpaired) electrons. The summed E-state index contributed by atoms with van der Waals surface area (Å²) >= 11 is 0. The number of piperidine rings is 2. The van der Waals surface area contributed by atoms with Crippen molar-refractivity contribution in [3.63, 3.8) is 0 Å². The van der Waals surface area contributed by atoms with E-state index in [0.29, 0.717) is 17.6 Å². The molecular weight excluding hydrogens is 413 g/mol. The van der Waals surface area contributed by atoms with Gasteiger partial charge in [-0.1, -0.05) is 5.21 Å². The van der Waals surface area contributed by atoms with Crippen molar-refractivity contribution in [3.8, 4) is 0 Å². The predicted molar refractivity (Wildman–Crippen MR) is 119 cm³/mol. The van der Waals surface area contributed by atoms with Crippen molar-refractivity contribution >= 4 is 42.2 Å². The van der Waals surface area contributed by atoms with E-state index in [2.05, 4.69) is 30.8 Å². The second kappa shape index (κ2) is 10.8. The van der Waals surface area contributed by atoms with Crippen molar-refractivity contribution in [1.29, 1.82) is 0 Å². The number of hydrogen-bond acceptors (Lipinski definition) is 6. The highest BCUT2D eigenvalue weighted by molar-refractivity contribution is 6.03. The maximum absolute atomic E-state index is 12.6. The number of pyridine rings is 1. The van der Waals surface area contributed by atoms with E-state index in [1.165, 1.54) is 19.3 Å². The molecule has 160 valence electrons. The molecule has 2 N–H and O–H groups in total. The molecule has 4 rings (SSSR count). The van der Waals surface area contributed by atoms with Crippen LogP contribution in [0.25, 0.3) is 0 Å². The first-order valence-electron chi connectivity index (χ1n) is 9.87. The summed E-state index contributed by atoms with van der Waals surface area (Å²) in [6.07, 6.45) is 7.60. The molecule has 10 heteroatoms. The van der Waals surface area contributed by atoms with Crippen LogP contribution in [0.3, 0.4) is 0 Å². The van der Waals surface area contributed by atoms with Crippen LogP contribution < -0.4 is 15.5 Å². The fraction of sp³-hybridized carbons (Fsp3) is 0.579. The van der Waals surface area contributed by atoms with E-state index in [1.807, 2.05) is 29.9 Å². The van der Waals surface area contributed by atoms with Gasteiger partial charge in [0, 0.05) is 13.1 Å². The second-order valence-electron chi connectivity index (χ2n) is 7.35. The van der Waals surface area contributed by atoms with Gasteiger partial charge >= 0.3 is 0 Å². The summed E-state index contributed by atoms with van der Waals surface area (Å²) < 4.78 is 1.89. The highest BCUT2D eigenvalue weighted by Crippen LogP contribution is 2.22. The van der Waals surface area contributed by atoms with Gasteiger partial charge in [-0.05, 0) is 64.3 Å². The van der Waals surface area contributed by atoms with Gasteiger partial charge in [-0.15, -0.1) is 29.9 Å². The molecule has 1 amide bonds. The number of anilines is 2. The van der Waals surface area contributed by atoms with Gasteiger partial charge in [0.05, 0.1) is 23.6 Å². The maximum atomic E-state index is 12.6. The molecule has 2 aromatic rings. The normalized spacial score (nSPS) is 17.2. The Morgan fingerprint density at radius 1 is 1.14 bits per heavy atom. The zero-order valence-electron chi connectivity index (χ0n) is 16.6. The molecule has 0 bridgehead atoms. The van der Waals surface area contributed by atoms with E-state index < -0.39 is 0 Å². The zero-order valence-corrected chi connectivity index (χ0v) is 18.3. The average Bonchev–Trinajstić information content (AvgIpc) is 3.11. The van der Waals surface area contributed by atoms with Crippen molar-refractivity contribution in [2.45, 2.75) is 45.1 Å². The number of hydrogen-bond donors (Lipinski definition) is 2. The Hall–Kier alpha value is -1.90. The smallest absolute Gasteiger partial charge is 0.279 e. The van der Waals surface area contributed by atoms with Crippen LogP contribution in [-0.4, -0.2) is 52.1 Å². The van der Waals surface area contributed by atoms with E-state index in [0.717, 1.165) is 50.4 Å². The summed E-state index contributed by atoms with van der Waals surface area (Å²) in [7, 11) is 0. The number of amides is 1.